The van der Waals surface area contributed by atoms with Gasteiger partial charge in [0.05, 0.1) is 12.6 Å². The van der Waals surface area contributed by atoms with Gasteiger partial charge in [0.25, 0.3) is 0 Å². The summed E-state index contributed by atoms with van der Waals surface area (Å²) in [6.07, 6.45) is 7.41. The molecule has 3 heterocycles. The van der Waals surface area contributed by atoms with Gasteiger partial charge in [-0.3, -0.25) is 4.90 Å². The Bertz CT molecular complexity index is 445. The van der Waals surface area contributed by atoms with Crippen LogP contribution in [0.4, 0.5) is 0 Å². The topological polar surface area (TPSA) is 63.4 Å². The summed E-state index contributed by atoms with van der Waals surface area (Å²) in [5, 5.41) is 7.75. The van der Waals surface area contributed by atoms with Crippen molar-refractivity contribution in [2.45, 2.75) is 64.1 Å². The molecule has 1 N–H and O–H groups in total. The van der Waals surface area contributed by atoms with Crippen LogP contribution in [-0.4, -0.2) is 53.4 Å². The van der Waals surface area contributed by atoms with Crippen molar-refractivity contribution in [1.82, 2.24) is 20.4 Å². The maximum Gasteiger partial charge on any atom is 0.226 e. The van der Waals surface area contributed by atoms with E-state index in [0.717, 1.165) is 50.9 Å². The summed E-state index contributed by atoms with van der Waals surface area (Å²) in [6, 6.07) is 0.553. The molecule has 2 aliphatic rings. The second-order valence-corrected chi connectivity index (χ2v) is 6.43. The van der Waals surface area contributed by atoms with E-state index in [1.54, 1.807) is 0 Å². The van der Waals surface area contributed by atoms with Gasteiger partial charge in [0.15, 0.2) is 5.82 Å². The number of hydrogen-bond donors (Lipinski definition) is 1. The van der Waals surface area contributed by atoms with Crippen molar-refractivity contribution in [1.29, 1.82) is 0 Å². The molecule has 6 nitrogen and oxygen atoms in total. The van der Waals surface area contributed by atoms with Gasteiger partial charge in [0.1, 0.15) is 0 Å². The van der Waals surface area contributed by atoms with E-state index in [2.05, 4.69) is 20.4 Å². The zero-order valence-corrected chi connectivity index (χ0v) is 13.6. The minimum absolute atomic E-state index is 0.411. The third kappa shape index (κ3) is 4.51. The Morgan fingerprint density at radius 2 is 2.23 bits per heavy atom. The first-order valence-electron chi connectivity index (χ1n) is 8.72. The molecular formula is C16H28N4O2. The molecule has 0 amide bonds. The molecule has 2 fully saturated rings. The lowest BCUT2D eigenvalue weighted by Gasteiger charge is -2.33. The Kier molecular flexibility index (Phi) is 5.81. The van der Waals surface area contributed by atoms with Gasteiger partial charge in [-0.2, -0.15) is 4.98 Å². The van der Waals surface area contributed by atoms with Crippen molar-refractivity contribution < 1.29 is 9.26 Å². The molecule has 1 aromatic heterocycles. The quantitative estimate of drug-likeness (QED) is 0.864. The molecule has 0 saturated carbocycles. The van der Waals surface area contributed by atoms with E-state index in [9.17, 15) is 0 Å². The molecule has 0 unspecified atom stereocenters. The largest absolute Gasteiger partial charge is 0.377 e. The second kappa shape index (κ2) is 8.04. The van der Waals surface area contributed by atoms with Crippen LogP contribution in [-0.2, 0) is 17.7 Å². The lowest BCUT2D eigenvalue weighted by atomic mass is 10.0. The van der Waals surface area contributed by atoms with Crippen LogP contribution in [0.2, 0.25) is 0 Å². The van der Waals surface area contributed by atoms with E-state index >= 15 is 0 Å². The number of rotatable bonds is 6. The van der Waals surface area contributed by atoms with Gasteiger partial charge in [-0.15, -0.1) is 0 Å². The van der Waals surface area contributed by atoms with Gasteiger partial charge >= 0.3 is 0 Å². The van der Waals surface area contributed by atoms with Crippen LogP contribution in [0.15, 0.2) is 4.52 Å². The normalized spacial score (nSPS) is 27.1. The van der Waals surface area contributed by atoms with Crippen molar-refractivity contribution in [3.63, 3.8) is 0 Å². The van der Waals surface area contributed by atoms with E-state index in [1.165, 1.54) is 32.1 Å². The number of nitrogens with zero attached hydrogens (tertiary/aromatic N) is 3. The number of piperidine rings is 1. The fraction of sp³-hybridized carbons (Fsp3) is 0.875. The Hall–Kier alpha value is -0.980. The molecule has 2 saturated heterocycles. The molecular weight excluding hydrogens is 280 g/mol. The second-order valence-electron chi connectivity index (χ2n) is 6.43. The van der Waals surface area contributed by atoms with Crippen LogP contribution in [0.1, 0.15) is 50.7 Å². The highest BCUT2D eigenvalue weighted by atomic mass is 16.5. The number of ether oxygens (including phenoxy) is 1. The highest BCUT2D eigenvalue weighted by molar-refractivity contribution is 4.88. The first-order chi connectivity index (χ1) is 10.8. The van der Waals surface area contributed by atoms with Crippen molar-refractivity contribution in [3.8, 4) is 0 Å². The van der Waals surface area contributed by atoms with Crippen LogP contribution in [0.3, 0.4) is 0 Å². The molecule has 3 rings (SSSR count). The lowest BCUT2D eigenvalue weighted by molar-refractivity contribution is 0.0134. The molecule has 0 radical (unpaired) electrons. The number of aryl methyl sites for hydroxylation is 1. The average molecular weight is 308 g/mol. The first-order valence-corrected chi connectivity index (χ1v) is 8.72. The predicted molar refractivity (Wildman–Crippen MR) is 83.6 cm³/mol. The first kappa shape index (κ1) is 15.9. The van der Waals surface area contributed by atoms with Crippen LogP contribution in [0.5, 0.6) is 0 Å². The zero-order valence-electron chi connectivity index (χ0n) is 13.6. The minimum Gasteiger partial charge on any atom is -0.377 e. The van der Waals surface area contributed by atoms with E-state index < -0.39 is 0 Å². The summed E-state index contributed by atoms with van der Waals surface area (Å²) < 4.78 is 11.0. The summed E-state index contributed by atoms with van der Waals surface area (Å²) >= 11 is 0. The SMILES string of the molecule is CCc1nc(CN2CCC[C@@H](NC[C@@H]3CCCCO3)C2)no1. The van der Waals surface area contributed by atoms with Gasteiger partial charge in [-0.1, -0.05) is 12.1 Å². The van der Waals surface area contributed by atoms with E-state index in [-0.39, 0.29) is 0 Å². The standard InChI is InChI=1S/C16H28N4O2/c1-2-16-18-15(19-22-16)12-20-8-5-6-13(11-20)17-10-14-7-3-4-9-21-14/h13-14,17H,2-12H2,1H3/t13-,14+/m1/s1. The van der Waals surface area contributed by atoms with Crippen molar-refractivity contribution in [2.24, 2.45) is 0 Å². The summed E-state index contributed by atoms with van der Waals surface area (Å²) in [5.41, 5.74) is 0. The Morgan fingerprint density at radius 3 is 3.00 bits per heavy atom. The number of likely N-dealkylation sites (tertiary alicyclic amines) is 1. The smallest absolute Gasteiger partial charge is 0.226 e. The summed E-state index contributed by atoms with van der Waals surface area (Å²) in [5.74, 6) is 1.55. The lowest BCUT2D eigenvalue weighted by Crippen LogP contribution is -2.47. The van der Waals surface area contributed by atoms with Gasteiger partial charge in [0.2, 0.25) is 5.89 Å². The molecule has 0 aliphatic carbocycles. The molecule has 0 spiro atoms. The zero-order chi connectivity index (χ0) is 15.2. The third-order valence-electron chi connectivity index (χ3n) is 4.59. The van der Waals surface area contributed by atoms with Gasteiger partial charge in [-0.25, -0.2) is 0 Å². The van der Waals surface area contributed by atoms with Crippen LogP contribution in [0, 0.1) is 0 Å². The summed E-state index contributed by atoms with van der Waals surface area (Å²) in [4.78, 5) is 6.83. The number of nitrogens with one attached hydrogen (secondary N) is 1. The summed E-state index contributed by atoms with van der Waals surface area (Å²) in [7, 11) is 0. The predicted octanol–water partition coefficient (Wildman–Crippen LogP) is 1.76. The molecule has 1 aromatic rings. The minimum atomic E-state index is 0.411. The monoisotopic (exact) mass is 308 g/mol. The van der Waals surface area contributed by atoms with E-state index in [0.29, 0.717) is 12.1 Å². The van der Waals surface area contributed by atoms with Gasteiger partial charge < -0.3 is 14.6 Å². The highest BCUT2D eigenvalue weighted by Gasteiger charge is 2.22. The Balaban J connectivity index is 1.42. The Morgan fingerprint density at radius 1 is 1.27 bits per heavy atom. The Labute approximate surface area is 132 Å². The van der Waals surface area contributed by atoms with Crippen LogP contribution < -0.4 is 5.32 Å². The summed E-state index contributed by atoms with van der Waals surface area (Å²) in [6.45, 7) is 6.92. The maximum absolute atomic E-state index is 5.80. The molecule has 124 valence electrons. The van der Waals surface area contributed by atoms with Crippen molar-refractivity contribution in [2.75, 3.05) is 26.2 Å². The van der Waals surface area contributed by atoms with Crippen molar-refractivity contribution >= 4 is 0 Å². The van der Waals surface area contributed by atoms with Crippen LogP contribution >= 0.6 is 0 Å². The van der Waals surface area contributed by atoms with Gasteiger partial charge in [-0.05, 0) is 38.6 Å². The average Bonchev–Trinajstić information content (AvgIpc) is 3.02. The number of aromatic nitrogens is 2. The molecule has 2 atom stereocenters. The van der Waals surface area contributed by atoms with Gasteiger partial charge in [0, 0.05) is 32.2 Å². The number of hydrogen-bond acceptors (Lipinski definition) is 6. The molecule has 2 aliphatic heterocycles. The third-order valence-corrected chi connectivity index (χ3v) is 4.59. The van der Waals surface area contributed by atoms with Crippen molar-refractivity contribution in [3.05, 3.63) is 11.7 Å². The molecule has 22 heavy (non-hydrogen) atoms. The molecule has 6 heteroatoms. The van der Waals surface area contributed by atoms with E-state index in [4.69, 9.17) is 9.26 Å². The molecule has 0 bridgehead atoms. The van der Waals surface area contributed by atoms with Crippen LogP contribution in [0.25, 0.3) is 0 Å². The highest BCUT2D eigenvalue weighted by Crippen LogP contribution is 2.15. The fourth-order valence-corrected chi connectivity index (χ4v) is 3.33. The molecule has 0 aromatic carbocycles. The maximum atomic E-state index is 5.80. The fourth-order valence-electron chi connectivity index (χ4n) is 3.33. The van der Waals surface area contributed by atoms with E-state index in [1.807, 2.05) is 6.92 Å².